The van der Waals surface area contributed by atoms with Crippen molar-refractivity contribution in [3.8, 4) is 11.5 Å². The highest BCUT2D eigenvalue weighted by Gasteiger charge is 2.24. The summed E-state index contributed by atoms with van der Waals surface area (Å²) < 4.78 is 16.2. The molecule has 4 nitrogen and oxygen atoms in total. The number of rotatable bonds is 3. The van der Waals surface area contributed by atoms with Crippen molar-refractivity contribution in [1.29, 1.82) is 0 Å². The Balaban J connectivity index is 2.34. The van der Waals surface area contributed by atoms with Crippen LogP contribution < -0.4 is 9.47 Å². The highest BCUT2D eigenvalue weighted by Crippen LogP contribution is 2.36. The topological polar surface area (TPSA) is 44.8 Å². The van der Waals surface area contributed by atoms with Crippen LogP contribution in [0.25, 0.3) is 0 Å². The second-order valence-electron chi connectivity index (χ2n) is 4.42. The maximum atomic E-state index is 11.5. The lowest BCUT2D eigenvalue weighted by molar-refractivity contribution is -0.128. The number of ether oxygens (including phenoxy) is 3. The molecule has 0 spiro atoms. The molecule has 1 atom stereocenters. The van der Waals surface area contributed by atoms with Gasteiger partial charge in [0.1, 0.15) is 5.78 Å². The normalized spacial score (nSPS) is 19.7. The first-order valence-corrected chi connectivity index (χ1v) is 6.01. The molecule has 1 aliphatic heterocycles. The first-order valence-electron chi connectivity index (χ1n) is 6.01. The van der Waals surface area contributed by atoms with Crippen LogP contribution in [0.5, 0.6) is 11.5 Å². The van der Waals surface area contributed by atoms with Crippen molar-refractivity contribution in [3.63, 3.8) is 0 Å². The minimum absolute atomic E-state index is 0.161. The fourth-order valence-electron chi connectivity index (χ4n) is 2.23. The van der Waals surface area contributed by atoms with E-state index in [0.29, 0.717) is 30.9 Å². The van der Waals surface area contributed by atoms with E-state index >= 15 is 0 Å². The number of Topliss-reactive ketones (excluding diaryl/α,β-unsaturated/α-hetero) is 1. The van der Waals surface area contributed by atoms with Gasteiger partial charge in [-0.3, -0.25) is 4.79 Å². The Kier molecular flexibility index (Phi) is 3.87. The van der Waals surface area contributed by atoms with Crippen LogP contribution in [0, 0.1) is 6.92 Å². The fourth-order valence-corrected chi connectivity index (χ4v) is 2.23. The van der Waals surface area contributed by atoms with E-state index < -0.39 is 0 Å². The van der Waals surface area contributed by atoms with Crippen LogP contribution in [0.4, 0.5) is 0 Å². The van der Waals surface area contributed by atoms with Gasteiger partial charge in [-0.15, -0.1) is 0 Å². The first-order chi connectivity index (χ1) is 8.65. The van der Waals surface area contributed by atoms with Crippen molar-refractivity contribution in [3.05, 3.63) is 23.3 Å². The van der Waals surface area contributed by atoms with Gasteiger partial charge in [0.25, 0.3) is 0 Å². The van der Waals surface area contributed by atoms with E-state index in [1.54, 1.807) is 14.2 Å². The summed E-state index contributed by atoms with van der Waals surface area (Å²) in [5.41, 5.74) is 2.05. The summed E-state index contributed by atoms with van der Waals surface area (Å²) in [6.45, 7) is 2.48. The van der Waals surface area contributed by atoms with Gasteiger partial charge in [0, 0.05) is 12.8 Å². The number of hydrogen-bond donors (Lipinski definition) is 0. The Hall–Kier alpha value is -1.55. The van der Waals surface area contributed by atoms with Gasteiger partial charge >= 0.3 is 0 Å². The monoisotopic (exact) mass is 250 g/mol. The van der Waals surface area contributed by atoms with Crippen LogP contribution in [-0.4, -0.2) is 26.6 Å². The number of aryl methyl sites for hydroxylation is 1. The third-order valence-corrected chi connectivity index (χ3v) is 3.23. The number of benzene rings is 1. The first kappa shape index (κ1) is 12.9. The second-order valence-corrected chi connectivity index (χ2v) is 4.42. The van der Waals surface area contributed by atoms with Crippen molar-refractivity contribution < 1.29 is 19.0 Å². The molecule has 0 saturated carbocycles. The Morgan fingerprint density at radius 1 is 1.22 bits per heavy atom. The molecule has 1 aromatic rings. The zero-order valence-corrected chi connectivity index (χ0v) is 11.0. The highest BCUT2D eigenvalue weighted by molar-refractivity contribution is 5.79. The third kappa shape index (κ3) is 2.48. The molecule has 0 aliphatic carbocycles. The molecule has 1 unspecified atom stereocenters. The lowest BCUT2D eigenvalue weighted by Gasteiger charge is -2.24. The number of methoxy groups -OCH3 is 2. The van der Waals surface area contributed by atoms with E-state index in [0.717, 1.165) is 11.1 Å². The standard InChI is InChI=1S/C14H18O4/c1-9-6-13(16-2)14(17-3)8-11(9)12-7-10(15)4-5-18-12/h6,8,12H,4-5,7H2,1-3H3. The minimum Gasteiger partial charge on any atom is -0.493 e. The van der Waals surface area contributed by atoms with Gasteiger partial charge in [-0.25, -0.2) is 0 Å². The Bertz CT molecular complexity index is 453. The van der Waals surface area contributed by atoms with Crippen LogP contribution in [0.2, 0.25) is 0 Å². The lowest BCUT2D eigenvalue weighted by atomic mass is 9.96. The summed E-state index contributed by atoms with van der Waals surface area (Å²) in [4.78, 5) is 11.5. The fraction of sp³-hybridized carbons (Fsp3) is 0.500. The van der Waals surface area contributed by atoms with Crippen LogP contribution in [0.1, 0.15) is 30.1 Å². The third-order valence-electron chi connectivity index (χ3n) is 3.23. The largest absolute Gasteiger partial charge is 0.493 e. The Labute approximate surface area is 107 Å². The smallest absolute Gasteiger partial charge is 0.161 e. The van der Waals surface area contributed by atoms with E-state index in [9.17, 15) is 4.79 Å². The minimum atomic E-state index is -0.161. The average molecular weight is 250 g/mol. The molecule has 0 radical (unpaired) electrons. The molecule has 1 aliphatic rings. The Morgan fingerprint density at radius 2 is 1.89 bits per heavy atom. The van der Waals surface area contributed by atoms with Crippen LogP contribution >= 0.6 is 0 Å². The average Bonchev–Trinajstić information content (AvgIpc) is 2.38. The molecule has 0 N–H and O–H groups in total. The molecule has 2 rings (SSSR count). The van der Waals surface area contributed by atoms with E-state index in [1.165, 1.54) is 0 Å². The molecule has 1 saturated heterocycles. The summed E-state index contributed by atoms with van der Waals surface area (Å²) in [5.74, 6) is 1.61. The molecular weight excluding hydrogens is 232 g/mol. The Morgan fingerprint density at radius 3 is 2.50 bits per heavy atom. The maximum Gasteiger partial charge on any atom is 0.161 e. The van der Waals surface area contributed by atoms with Gasteiger partial charge in [0.05, 0.1) is 26.9 Å². The number of carbonyl (C=O) groups is 1. The van der Waals surface area contributed by atoms with E-state index in [2.05, 4.69) is 0 Å². The van der Waals surface area contributed by atoms with Crippen LogP contribution in [0.15, 0.2) is 12.1 Å². The molecule has 1 aromatic carbocycles. The molecule has 4 heteroatoms. The summed E-state index contributed by atoms with van der Waals surface area (Å²) in [6, 6.07) is 3.81. The van der Waals surface area contributed by atoms with Gasteiger partial charge in [-0.05, 0) is 30.2 Å². The number of ketones is 1. The summed E-state index contributed by atoms with van der Waals surface area (Å²) >= 11 is 0. The molecular formula is C14H18O4. The van der Waals surface area contributed by atoms with E-state index in [-0.39, 0.29) is 11.9 Å². The predicted molar refractivity (Wildman–Crippen MR) is 67.2 cm³/mol. The second kappa shape index (κ2) is 5.40. The molecule has 0 aromatic heterocycles. The van der Waals surface area contributed by atoms with Crippen LogP contribution in [-0.2, 0) is 9.53 Å². The van der Waals surface area contributed by atoms with Crippen molar-refractivity contribution >= 4 is 5.78 Å². The van der Waals surface area contributed by atoms with Gasteiger partial charge < -0.3 is 14.2 Å². The summed E-state index contributed by atoms with van der Waals surface area (Å²) in [7, 11) is 3.21. The maximum absolute atomic E-state index is 11.5. The molecule has 0 amide bonds. The number of carbonyl (C=O) groups excluding carboxylic acids is 1. The van der Waals surface area contributed by atoms with Crippen molar-refractivity contribution in [2.24, 2.45) is 0 Å². The zero-order chi connectivity index (χ0) is 13.1. The molecule has 18 heavy (non-hydrogen) atoms. The van der Waals surface area contributed by atoms with Crippen LogP contribution in [0.3, 0.4) is 0 Å². The quantitative estimate of drug-likeness (QED) is 0.826. The molecule has 0 bridgehead atoms. The van der Waals surface area contributed by atoms with Crippen molar-refractivity contribution in [2.75, 3.05) is 20.8 Å². The highest BCUT2D eigenvalue weighted by atomic mass is 16.5. The van der Waals surface area contributed by atoms with Gasteiger partial charge in [0.15, 0.2) is 11.5 Å². The predicted octanol–water partition coefficient (Wildman–Crippen LogP) is 2.43. The lowest BCUT2D eigenvalue weighted by Crippen LogP contribution is -2.20. The molecule has 98 valence electrons. The van der Waals surface area contributed by atoms with Gasteiger partial charge in [-0.1, -0.05) is 0 Å². The van der Waals surface area contributed by atoms with E-state index in [1.807, 2.05) is 19.1 Å². The van der Waals surface area contributed by atoms with Crippen molar-refractivity contribution in [1.82, 2.24) is 0 Å². The molecule has 1 fully saturated rings. The van der Waals surface area contributed by atoms with Gasteiger partial charge in [-0.2, -0.15) is 0 Å². The summed E-state index contributed by atoms with van der Waals surface area (Å²) in [6.07, 6.45) is 0.796. The summed E-state index contributed by atoms with van der Waals surface area (Å²) in [5, 5.41) is 0. The SMILES string of the molecule is COc1cc(C)c(C2CC(=O)CCO2)cc1OC. The van der Waals surface area contributed by atoms with Gasteiger partial charge in [0.2, 0.25) is 0 Å². The van der Waals surface area contributed by atoms with E-state index in [4.69, 9.17) is 14.2 Å². The number of hydrogen-bond acceptors (Lipinski definition) is 4. The zero-order valence-electron chi connectivity index (χ0n) is 11.0. The van der Waals surface area contributed by atoms with Crippen molar-refractivity contribution in [2.45, 2.75) is 25.9 Å². The molecule has 1 heterocycles.